The van der Waals surface area contributed by atoms with Gasteiger partial charge in [-0.25, -0.2) is 8.42 Å². The number of anilines is 1. The first kappa shape index (κ1) is 22.0. The van der Waals surface area contributed by atoms with Gasteiger partial charge in [-0.15, -0.1) is 0 Å². The molecule has 1 heterocycles. The lowest BCUT2D eigenvalue weighted by Crippen LogP contribution is -2.51. The minimum absolute atomic E-state index is 0.0713. The average molecular weight is 433 g/mol. The molecule has 1 aliphatic heterocycles. The Labute approximate surface area is 178 Å². The van der Waals surface area contributed by atoms with Crippen LogP contribution in [0.4, 0.5) is 5.69 Å². The van der Waals surface area contributed by atoms with Crippen molar-refractivity contribution in [3.05, 3.63) is 53.6 Å². The third-order valence-electron chi connectivity index (χ3n) is 4.88. The van der Waals surface area contributed by atoms with E-state index in [0.717, 1.165) is 23.1 Å². The number of fused-ring (bicyclic) bond motifs is 1. The van der Waals surface area contributed by atoms with Gasteiger partial charge in [0.2, 0.25) is 10.0 Å². The lowest BCUT2D eigenvalue weighted by molar-refractivity contribution is -0.127. The van der Waals surface area contributed by atoms with Gasteiger partial charge in [0.05, 0.1) is 25.0 Å². The Hall–Kier alpha value is -2.74. The van der Waals surface area contributed by atoms with E-state index in [4.69, 9.17) is 9.47 Å². The van der Waals surface area contributed by atoms with Crippen LogP contribution in [0.2, 0.25) is 0 Å². The summed E-state index contributed by atoms with van der Waals surface area (Å²) in [5.41, 5.74) is 2.47. The van der Waals surface area contributed by atoms with E-state index in [9.17, 15) is 13.2 Å². The summed E-state index contributed by atoms with van der Waals surface area (Å²) in [6.07, 6.45) is 0.192. The summed E-state index contributed by atoms with van der Waals surface area (Å²) in [6.45, 7) is 6.57. The Bertz CT molecular complexity index is 1020. The number of aryl methyl sites for hydroxylation is 1. The van der Waals surface area contributed by atoms with Crippen molar-refractivity contribution in [2.45, 2.75) is 32.8 Å². The topological polar surface area (TPSA) is 84.9 Å². The van der Waals surface area contributed by atoms with Gasteiger partial charge in [0.1, 0.15) is 18.1 Å². The van der Waals surface area contributed by atoms with E-state index in [-0.39, 0.29) is 19.0 Å². The minimum Gasteiger partial charge on any atom is -0.491 e. The third kappa shape index (κ3) is 5.05. The predicted octanol–water partition coefficient (Wildman–Crippen LogP) is 2.84. The number of nitrogens with one attached hydrogen (secondary N) is 1. The number of nitrogens with zero attached hydrogens (tertiary/aromatic N) is 1. The van der Waals surface area contributed by atoms with Crippen molar-refractivity contribution in [1.29, 1.82) is 0 Å². The second-order valence-corrected chi connectivity index (χ2v) is 9.61. The van der Waals surface area contributed by atoms with Crippen LogP contribution in [-0.2, 0) is 14.8 Å². The molecule has 2 aromatic carbocycles. The third-order valence-corrected chi connectivity index (χ3v) is 6.02. The van der Waals surface area contributed by atoms with Crippen LogP contribution in [0.3, 0.4) is 0 Å². The van der Waals surface area contributed by atoms with Crippen LogP contribution in [-0.4, -0.2) is 46.4 Å². The lowest BCUT2D eigenvalue weighted by atomic mass is 10.0. The van der Waals surface area contributed by atoms with E-state index in [1.807, 2.05) is 37.3 Å². The number of hydrogen-bond acceptors (Lipinski definition) is 5. The fraction of sp³-hybridized carbons (Fsp3) is 0.409. The number of hydrogen-bond donors (Lipinski definition) is 1. The molecule has 2 aromatic rings. The zero-order chi connectivity index (χ0) is 21.9. The van der Waals surface area contributed by atoms with Gasteiger partial charge >= 0.3 is 0 Å². The molecule has 0 radical (unpaired) electrons. The van der Waals surface area contributed by atoms with Crippen LogP contribution in [0.25, 0.3) is 0 Å². The summed E-state index contributed by atoms with van der Waals surface area (Å²) in [5, 5.41) is 2.78. The Kier molecular flexibility index (Phi) is 6.55. The highest BCUT2D eigenvalue weighted by Crippen LogP contribution is 2.35. The molecular formula is C22H28N2O5S. The highest BCUT2D eigenvalue weighted by molar-refractivity contribution is 7.92. The molecule has 0 saturated carbocycles. The number of carbonyl (C=O) groups is 1. The largest absolute Gasteiger partial charge is 0.491 e. The fourth-order valence-electron chi connectivity index (χ4n) is 3.35. The minimum atomic E-state index is -3.55. The molecule has 0 aliphatic carbocycles. The van der Waals surface area contributed by atoms with Crippen molar-refractivity contribution >= 4 is 21.6 Å². The Morgan fingerprint density at radius 1 is 1.27 bits per heavy atom. The average Bonchev–Trinajstić information content (AvgIpc) is 2.69. The summed E-state index contributed by atoms with van der Waals surface area (Å²) < 4.78 is 37.3. The van der Waals surface area contributed by atoms with Crippen molar-refractivity contribution in [3.63, 3.8) is 0 Å². The van der Waals surface area contributed by atoms with Crippen molar-refractivity contribution in [2.24, 2.45) is 0 Å². The molecule has 7 nitrogen and oxygen atoms in total. The number of benzene rings is 2. The highest BCUT2D eigenvalue weighted by atomic mass is 32.2. The highest BCUT2D eigenvalue weighted by Gasteiger charge is 2.34. The number of sulfonamides is 1. The molecular weight excluding hydrogens is 404 g/mol. The lowest BCUT2D eigenvalue weighted by Gasteiger charge is -2.34. The summed E-state index contributed by atoms with van der Waals surface area (Å²) in [4.78, 5) is 12.6. The van der Waals surface area contributed by atoms with Crippen LogP contribution in [0.15, 0.2) is 42.5 Å². The maximum Gasteiger partial charge on any atom is 0.263 e. The molecule has 1 amide bonds. The molecule has 1 N–H and O–H groups in total. The van der Waals surface area contributed by atoms with Gasteiger partial charge in [-0.2, -0.15) is 0 Å². The summed E-state index contributed by atoms with van der Waals surface area (Å²) in [5.74, 6) is 1.12. The molecule has 0 spiro atoms. The SMILES string of the molecule is Cc1ccc2c(c1)N(S(C)(=O)=O)C[C@H](C(=O)NCCOc1ccccc1C(C)C)O2. The van der Waals surface area contributed by atoms with Gasteiger partial charge in [0.15, 0.2) is 6.10 Å². The standard InChI is InChI=1S/C22H28N2O5S/c1-15(2)17-7-5-6-8-19(17)28-12-11-23-22(25)21-14-24(30(4,26)27)18-13-16(3)9-10-20(18)29-21/h5-10,13,15,21H,11-12,14H2,1-4H3,(H,23,25)/t21-/m1/s1. The first-order valence-corrected chi connectivity index (χ1v) is 11.8. The molecule has 162 valence electrons. The predicted molar refractivity (Wildman–Crippen MR) is 117 cm³/mol. The molecule has 30 heavy (non-hydrogen) atoms. The number of amides is 1. The maximum absolute atomic E-state index is 12.6. The monoisotopic (exact) mass is 432 g/mol. The second kappa shape index (κ2) is 8.95. The van der Waals surface area contributed by atoms with Crippen LogP contribution in [0.1, 0.15) is 30.9 Å². The van der Waals surface area contributed by atoms with Crippen molar-refractivity contribution in [2.75, 3.05) is 30.3 Å². The first-order valence-electron chi connectivity index (χ1n) is 9.91. The van der Waals surface area contributed by atoms with Gasteiger partial charge in [-0.05, 0) is 42.2 Å². The fourth-order valence-corrected chi connectivity index (χ4v) is 4.26. The van der Waals surface area contributed by atoms with Crippen molar-refractivity contribution in [3.8, 4) is 11.5 Å². The molecule has 0 bridgehead atoms. The zero-order valence-corrected chi connectivity index (χ0v) is 18.5. The van der Waals surface area contributed by atoms with E-state index in [2.05, 4.69) is 19.2 Å². The van der Waals surface area contributed by atoms with E-state index in [0.29, 0.717) is 24.0 Å². The molecule has 1 aliphatic rings. The maximum atomic E-state index is 12.6. The number of para-hydroxylation sites is 1. The molecule has 8 heteroatoms. The molecule has 3 rings (SSSR count). The van der Waals surface area contributed by atoms with Crippen LogP contribution in [0.5, 0.6) is 11.5 Å². The van der Waals surface area contributed by atoms with Crippen molar-refractivity contribution in [1.82, 2.24) is 5.32 Å². The van der Waals surface area contributed by atoms with Gasteiger partial charge < -0.3 is 14.8 Å². The zero-order valence-electron chi connectivity index (χ0n) is 17.7. The van der Waals surface area contributed by atoms with Crippen LogP contribution >= 0.6 is 0 Å². The number of carbonyl (C=O) groups excluding carboxylic acids is 1. The number of rotatable bonds is 7. The first-order chi connectivity index (χ1) is 14.2. The summed E-state index contributed by atoms with van der Waals surface area (Å²) in [6, 6.07) is 13.1. The molecule has 0 aromatic heterocycles. The summed E-state index contributed by atoms with van der Waals surface area (Å²) in [7, 11) is -3.55. The van der Waals surface area contributed by atoms with Crippen LogP contribution in [0, 0.1) is 6.92 Å². The Morgan fingerprint density at radius 2 is 2.00 bits per heavy atom. The molecule has 0 saturated heterocycles. The Balaban J connectivity index is 1.62. The summed E-state index contributed by atoms with van der Waals surface area (Å²) >= 11 is 0. The number of ether oxygens (including phenoxy) is 2. The van der Waals surface area contributed by atoms with Gasteiger partial charge in [-0.3, -0.25) is 9.10 Å². The van der Waals surface area contributed by atoms with Crippen LogP contribution < -0.4 is 19.1 Å². The quantitative estimate of drug-likeness (QED) is 0.680. The van der Waals surface area contributed by atoms with Gasteiger partial charge in [0.25, 0.3) is 5.91 Å². The normalized spacial score (nSPS) is 16.0. The Morgan fingerprint density at radius 3 is 2.70 bits per heavy atom. The molecule has 1 atom stereocenters. The molecule has 0 unspecified atom stereocenters. The van der Waals surface area contributed by atoms with E-state index >= 15 is 0 Å². The second-order valence-electron chi connectivity index (χ2n) is 7.70. The van der Waals surface area contributed by atoms with Gasteiger partial charge in [0, 0.05) is 0 Å². The van der Waals surface area contributed by atoms with Crippen molar-refractivity contribution < 1.29 is 22.7 Å². The van der Waals surface area contributed by atoms with E-state index in [1.54, 1.807) is 12.1 Å². The smallest absolute Gasteiger partial charge is 0.263 e. The van der Waals surface area contributed by atoms with E-state index < -0.39 is 16.1 Å². The van der Waals surface area contributed by atoms with Gasteiger partial charge in [-0.1, -0.05) is 38.1 Å². The van der Waals surface area contributed by atoms with E-state index in [1.165, 1.54) is 4.31 Å². The molecule has 0 fully saturated rings.